The third-order valence-electron chi connectivity index (χ3n) is 8.32. The summed E-state index contributed by atoms with van der Waals surface area (Å²) in [5.41, 5.74) is -0.191. The predicted octanol–water partition coefficient (Wildman–Crippen LogP) is 3.31. The Hall–Kier alpha value is -4.71. The molecule has 45 heavy (non-hydrogen) atoms. The lowest BCUT2D eigenvalue weighted by molar-refractivity contribution is -0.140. The molecule has 0 heterocycles. The van der Waals surface area contributed by atoms with Crippen LogP contribution < -0.4 is 5.32 Å². The molecule has 1 saturated carbocycles. The number of hydrogen-bond acceptors (Lipinski definition) is 9. The fourth-order valence-electron chi connectivity index (χ4n) is 5.84. The van der Waals surface area contributed by atoms with Crippen LogP contribution in [0.25, 0.3) is 0 Å². The Bertz CT molecular complexity index is 1430. The van der Waals surface area contributed by atoms with Gasteiger partial charge in [0.05, 0.1) is 17.0 Å². The first kappa shape index (κ1) is 33.2. The van der Waals surface area contributed by atoms with Gasteiger partial charge < -0.3 is 45.8 Å². The van der Waals surface area contributed by atoms with Crippen molar-refractivity contribution in [2.45, 2.75) is 57.1 Å². The van der Waals surface area contributed by atoms with Crippen molar-refractivity contribution >= 4 is 17.7 Å². The van der Waals surface area contributed by atoms with E-state index < -0.39 is 46.8 Å². The molecule has 2 aromatic rings. The maximum Gasteiger partial charge on any atom is 0.257 e. The topological polar surface area (TPSA) is 191 Å². The van der Waals surface area contributed by atoms with Crippen molar-refractivity contribution in [3.8, 4) is 23.0 Å². The van der Waals surface area contributed by atoms with Crippen molar-refractivity contribution in [3.05, 3.63) is 71.5 Å². The van der Waals surface area contributed by atoms with Crippen LogP contribution in [-0.4, -0.2) is 96.5 Å². The number of amides is 3. The average Bonchev–Trinajstić information content (AvgIpc) is 3.04. The highest BCUT2D eigenvalue weighted by molar-refractivity contribution is 5.98. The molecule has 2 aliphatic rings. The van der Waals surface area contributed by atoms with Crippen LogP contribution in [0.5, 0.6) is 23.0 Å². The quantitative estimate of drug-likeness (QED) is 0.137. The van der Waals surface area contributed by atoms with Crippen LogP contribution >= 0.6 is 0 Å². The first-order chi connectivity index (χ1) is 21.6. The van der Waals surface area contributed by atoms with E-state index in [2.05, 4.69) is 5.32 Å². The van der Waals surface area contributed by atoms with E-state index in [1.807, 2.05) is 0 Å². The van der Waals surface area contributed by atoms with Crippen molar-refractivity contribution in [2.75, 3.05) is 26.2 Å². The van der Waals surface area contributed by atoms with E-state index in [0.29, 0.717) is 12.8 Å². The van der Waals surface area contributed by atoms with Gasteiger partial charge in [0.15, 0.2) is 23.0 Å². The molecule has 0 radical (unpaired) electrons. The Labute approximate surface area is 261 Å². The number of aromatic hydroxyl groups is 4. The number of para-hydroxylation sites is 2. The molecule has 1 fully saturated rings. The van der Waals surface area contributed by atoms with Crippen LogP contribution in [0.3, 0.4) is 0 Å². The van der Waals surface area contributed by atoms with Gasteiger partial charge >= 0.3 is 0 Å². The predicted molar refractivity (Wildman–Crippen MR) is 165 cm³/mol. The highest BCUT2D eigenvalue weighted by Gasteiger charge is 2.35. The summed E-state index contributed by atoms with van der Waals surface area (Å²) in [6.45, 7) is 0.744. The van der Waals surface area contributed by atoms with Crippen LogP contribution in [0.1, 0.15) is 65.7 Å². The molecular formula is C33H41N3O9. The number of allylic oxidation sites excluding steroid dienone is 2. The first-order valence-electron chi connectivity index (χ1n) is 15.3. The van der Waals surface area contributed by atoms with Gasteiger partial charge in [-0.15, -0.1) is 0 Å². The highest BCUT2D eigenvalue weighted by atomic mass is 16.3. The van der Waals surface area contributed by atoms with Gasteiger partial charge in [0, 0.05) is 32.2 Å². The van der Waals surface area contributed by atoms with Crippen molar-refractivity contribution in [1.82, 2.24) is 15.1 Å². The molecular weight excluding hydrogens is 582 g/mol. The van der Waals surface area contributed by atoms with E-state index >= 15 is 0 Å². The zero-order chi connectivity index (χ0) is 32.5. The first-order valence-corrected chi connectivity index (χ1v) is 15.3. The van der Waals surface area contributed by atoms with Gasteiger partial charge in [0.1, 0.15) is 11.9 Å². The Morgan fingerprint density at radius 1 is 0.800 bits per heavy atom. The van der Waals surface area contributed by atoms with Gasteiger partial charge in [-0.05, 0) is 56.0 Å². The number of nitrogens with zero attached hydrogens (tertiary/aromatic N) is 2. The second-order valence-electron chi connectivity index (χ2n) is 11.4. The molecule has 2 unspecified atom stereocenters. The van der Waals surface area contributed by atoms with Crippen LogP contribution in [0, 0.1) is 5.92 Å². The summed E-state index contributed by atoms with van der Waals surface area (Å²) in [4.78, 5) is 42.9. The highest BCUT2D eigenvalue weighted by Crippen LogP contribution is 2.31. The number of hydrogen-bond donors (Lipinski definition) is 7. The third kappa shape index (κ3) is 8.07. The number of phenols is 4. The second kappa shape index (κ2) is 15.3. The molecule has 0 bridgehead atoms. The van der Waals surface area contributed by atoms with Crippen molar-refractivity contribution in [1.29, 1.82) is 0 Å². The molecule has 0 saturated heterocycles. The summed E-state index contributed by atoms with van der Waals surface area (Å²) >= 11 is 0. The average molecular weight is 624 g/mol. The molecule has 4 rings (SSSR count). The molecule has 12 nitrogen and oxygen atoms in total. The Balaban J connectivity index is 1.44. The molecule has 0 aliphatic heterocycles. The van der Waals surface area contributed by atoms with Gasteiger partial charge in [0.25, 0.3) is 11.8 Å². The number of phenolic OH excluding ortho intramolecular Hbond substituents is 4. The number of aliphatic hydroxyl groups excluding tert-OH is 2. The largest absolute Gasteiger partial charge is 0.510 e. The molecule has 2 aromatic carbocycles. The fourth-order valence-corrected chi connectivity index (χ4v) is 5.84. The number of carbonyl (C=O) groups excluding carboxylic acids is 3. The summed E-state index contributed by atoms with van der Waals surface area (Å²) in [5.74, 6) is -4.59. The van der Waals surface area contributed by atoms with E-state index in [-0.39, 0.29) is 55.0 Å². The summed E-state index contributed by atoms with van der Waals surface area (Å²) in [6, 6.07) is 8.11. The molecule has 7 N–H and O–H groups in total. The maximum atomic E-state index is 13.7. The van der Waals surface area contributed by atoms with Gasteiger partial charge in [-0.25, -0.2) is 0 Å². The van der Waals surface area contributed by atoms with Crippen LogP contribution in [0.4, 0.5) is 0 Å². The Morgan fingerprint density at radius 3 is 2.11 bits per heavy atom. The molecule has 242 valence electrons. The normalized spacial score (nSPS) is 18.2. The van der Waals surface area contributed by atoms with Gasteiger partial charge in [-0.1, -0.05) is 43.5 Å². The number of benzene rings is 2. The van der Waals surface area contributed by atoms with Crippen molar-refractivity contribution in [2.24, 2.45) is 5.92 Å². The van der Waals surface area contributed by atoms with Crippen LogP contribution in [-0.2, 0) is 4.79 Å². The van der Waals surface area contributed by atoms with E-state index in [0.717, 1.165) is 32.1 Å². The lowest BCUT2D eigenvalue weighted by Gasteiger charge is -2.38. The summed E-state index contributed by atoms with van der Waals surface area (Å²) in [5, 5.41) is 63.2. The molecule has 2 aliphatic carbocycles. The van der Waals surface area contributed by atoms with E-state index in [9.17, 15) is 45.0 Å². The van der Waals surface area contributed by atoms with Gasteiger partial charge in [0.2, 0.25) is 5.91 Å². The third-order valence-corrected chi connectivity index (χ3v) is 8.32. The molecule has 3 amide bonds. The minimum Gasteiger partial charge on any atom is -0.510 e. The van der Waals surface area contributed by atoms with Crippen molar-refractivity contribution in [3.63, 3.8) is 0 Å². The van der Waals surface area contributed by atoms with Crippen LogP contribution in [0.2, 0.25) is 0 Å². The lowest BCUT2D eigenvalue weighted by atomic mass is 9.90. The van der Waals surface area contributed by atoms with Gasteiger partial charge in [-0.3, -0.25) is 14.4 Å². The summed E-state index contributed by atoms with van der Waals surface area (Å²) in [7, 11) is 0. The Morgan fingerprint density at radius 2 is 1.42 bits per heavy atom. The molecule has 0 aromatic heterocycles. The number of rotatable bonds is 12. The second-order valence-corrected chi connectivity index (χ2v) is 11.4. The minimum atomic E-state index is -1.34. The number of carbonyl (C=O) groups is 3. The summed E-state index contributed by atoms with van der Waals surface area (Å²) < 4.78 is 0. The summed E-state index contributed by atoms with van der Waals surface area (Å²) in [6.07, 6.45) is 8.45. The smallest absolute Gasteiger partial charge is 0.257 e. The SMILES string of the molecule is O=C(NCCCN(CCCN(C(=O)C1C=CC=C(O)C1O)C1CCCCC1)C(=O)c1cccc(O)c1O)c1cccc(O)c1O. The van der Waals surface area contributed by atoms with Gasteiger partial charge in [-0.2, -0.15) is 0 Å². The Kier molecular flexibility index (Phi) is 11.3. The maximum absolute atomic E-state index is 13.7. The molecule has 12 heteroatoms. The van der Waals surface area contributed by atoms with E-state index in [4.69, 9.17) is 0 Å². The molecule has 0 spiro atoms. The zero-order valence-electron chi connectivity index (χ0n) is 25.0. The number of nitrogens with one attached hydrogen (secondary N) is 1. The zero-order valence-corrected chi connectivity index (χ0v) is 25.0. The number of aliphatic hydroxyl groups is 2. The monoisotopic (exact) mass is 623 g/mol. The van der Waals surface area contributed by atoms with E-state index in [1.54, 1.807) is 17.1 Å². The van der Waals surface area contributed by atoms with E-state index in [1.165, 1.54) is 47.4 Å². The fraction of sp³-hybridized carbons (Fsp3) is 0.424. The standard InChI is InChI=1S/C33H41N3O9/c37-25-14-4-11-22(28(25)40)31(43)34-17-7-18-35(32(44)23-12-5-15-26(38)29(23)41)19-8-20-36(21-9-2-1-3-10-21)33(45)24-13-6-16-27(39)30(24)42/h4-6,11-16,21,24,30,37-42H,1-3,7-10,17-20H2,(H,34,43). The lowest BCUT2D eigenvalue weighted by Crippen LogP contribution is -2.48. The minimum absolute atomic E-state index is 0.0387. The van der Waals surface area contributed by atoms with Crippen LogP contribution in [0.15, 0.2) is 60.4 Å². The van der Waals surface area contributed by atoms with Crippen molar-refractivity contribution < 1.29 is 45.0 Å². The molecule has 2 atom stereocenters.